The molecule has 1 aliphatic heterocycles. The first-order valence-electron chi connectivity index (χ1n) is 8.55. The number of aliphatic imine (C=N–C) groups is 1. The van der Waals surface area contributed by atoms with E-state index in [2.05, 4.69) is 15.3 Å². The van der Waals surface area contributed by atoms with E-state index in [4.69, 9.17) is 9.15 Å². The fourth-order valence-electron chi connectivity index (χ4n) is 2.87. The number of rotatable bonds is 4. The number of methoxy groups -OCH3 is 1. The second-order valence-electron chi connectivity index (χ2n) is 6.23. The third-order valence-corrected chi connectivity index (χ3v) is 4.32. The van der Waals surface area contributed by atoms with E-state index >= 15 is 0 Å². The Kier molecular flexibility index (Phi) is 4.41. The molecule has 0 fully saturated rings. The van der Waals surface area contributed by atoms with Gasteiger partial charge in [-0.15, -0.1) is 0 Å². The van der Waals surface area contributed by atoms with Crippen LogP contribution in [0.2, 0.25) is 0 Å². The molecule has 0 atom stereocenters. The third-order valence-electron chi connectivity index (χ3n) is 4.32. The van der Waals surface area contributed by atoms with Gasteiger partial charge >= 0.3 is 5.97 Å². The van der Waals surface area contributed by atoms with E-state index in [1.807, 2.05) is 37.3 Å². The van der Waals surface area contributed by atoms with Gasteiger partial charge in [0.15, 0.2) is 22.9 Å². The van der Waals surface area contributed by atoms with Gasteiger partial charge in [-0.05, 0) is 37.3 Å². The number of carbonyl (C=O) groups excluding carboxylic acids is 1. The molecule has 1 aromatic carbocycles. The van der Waals surface area contributed by atoms with Crippen molar-refractivity contribution in [3.8, 4) is 5.75 Å². The molecule has 0 bridgehead atoms. The van der Waals surface area contributed by atoms with E-state index in [0.29, 0.717) is 17.1 Å². The number of aromatic nitrogens is 1. The van der Waals surface area contributed by atoms with Crippen molar-refractivity contribution in [2.45, 2.75) is 6.92 Å². The topological polar surface area (TPSA) is 97.0 Å². The predicted molar refractivity (Wildman–Crippen MR) is 106 cm³/mol. The number of benzene rings is 1. The average Bonchev–Trinajstić information content (AvgIpc) is 3.25. The smallest absolute Gasteiger partial charge is 0.347 e. The lowest BCUT2D eigenvalue weighted by molar-refractivity contribution is 0.0598. The van der Waals surface area contributed by atoms with Gasteiger partial charge in [-0.2, -0.15) is 0 Å². The van der Waals surface area contributed by atoms with Crippen LogP contribution in [0.15, 0.2) is 52.0 Å². The minimum Gasteiger partial charge on any atom is -0.504 e. The zero-order valence-electron chi connectivity index (χ0n) is 15.3. The maximum absolute atomic E-state index is 12.2. The second kappa shape index (κ2) is 7.03. The fraction of sp³-hybridized carbons (Fsp3) is 0.0952. The Labute approximate surface area is 161 Å². The van der Waals surface area contributed by atoms with E-state index in [0.717, 1.165) is 11.1 Å². The Morgan fingerprint density at radius 3 is 2.79 bits per heavy atom. The van der Waals surface area contributed by atoms with Crippen LogP contribution in [0.5, 0.6) is 5.75 Å². The van der Waals surface area contributed by atoms with Crippen LogP contribution in [-0.2, 0) is 4.74 Å². The first-order chi connectivity index (χ1) is 13.6. The van der Waals surface area contributed by atoms with Crippen molar-refractivity contribution in [2.24, 2.45) is 4.99 Å². The maximum atomic E-state index is 12.2. The Bertz CT molecular complexity index is 1110. The first kappa shape index (κ1) is 17.5. The number of esters is 1. The standard InChI is InChI=1S/C21H17N3O4/c1-12-5-7-14(8-6-12)24-20-17(21(26)27-2)18(25)16(28-20)10-13-11-23-19-15(13)4-3-9-22-19/h3-11,24-25H,1-2H3. The molecule has 140 valence electrons. The normalized spacial score (nSPS) is 13.6. The summed E-state index contributed by atoms with van der Waals surface area (Å²) in [7, 11) is 1.24. The van der Waals surface area contributed by atoms with E-state index in [1.54, 1.807) is 24.6 Å². The number of fused-ring (bicyclic) bond motifs is 1. The Morgan fingerprint density at radius 1 is 1.25 bits per heavy atom. The Balaban J connectivity index is 1.76. The van der Waals surface area contributed by atoms with Crippen molar-refractivity contribution in [1.29, 1.82) is 0 Å². The van der Waals surface area contributed by atoms with Crippen LogP contribution in [0, 0.1) is 6.92 Å². The number of pyridine rings is 1. The summed E-state index contributed by atoms with van der Waals surface area (Å²) in [4.78, 5) is 20.6. The Hall–Kier alpha value is -3.87. The lowest BCUT2D eigenvalue weighted by Crippen LogP contribution is -2.03. The second-order valence-corrected chi connectivity index (χ2v) is 6.23. The van der Waals surface area contributed by atoms with Crippen molar-refractivity contribution in [1.82, 2.24) is 4.98 Å². The molecule has 2 N–H and O–H groups in total. The molecule has 0 saturated carbocycles. The molecule has 3 aromatic rings. The molecule has 1 aliphatic rings. The van der Waals surface area contributed by atoms with Crippen molar-refractivity contribution in [3.63, 3.8) is 0 Å². The first-order valence-corrected chi connectivity index (χ1v) is 8.55. The van der Waals surface area contributed by atoms with Crippen LogP contribution in [0.4, 0.5) is 17.4 Å². The fourth-order valence-corrected chi connectivity index (χ4v) is 2.87. The van der Waals surface area contributed by atoms with Gasteiger partial charge in [0.1, 0.15) is 0 Å². The molecule has 0 amide bonds. The largest absolute Gasteiger partial charge is 0.504 e. The van der Waals surface area contributed by atoms with Crippen molar-refractivity contribution in [3.05, 3.63) is 65.0 Å². The van der Waals surface area contributed by atoms with Crippen LogP contribution < -0.4 is 5.32 Å². The van der Waals surface area contributed by atoms with Gasteiger partial charge in [-0.3, -0.25) is 0 Å². The molecular weight excluding hydrogens is 358 g/mol. The van der Waals surface area contributed by atoms with Crippen LogP contribution >= 0.6 is 0 Å². The number of nitrogens with one attached hydrogen (secondary N) is 1. The monoisotopic (exact) mass is 375 g/mol. The summed E-state index contributed by atoms with van der Waals surface area (Å²) in [5.74, 6) is -0.206. The number of carbonyl (C=O) groups is 1. The molecule has 0 saturated heterocycles. The van der Waals surface area contributed by atoms with Crippen LogP contribution in [0.3, 0.4) is 0 Å². The highest BCUT2D eigenvalue weighted by Gasteiger charge is 2.27. The van der Waals surface area contributed by atoms with E-state index < -0.39 is 5.97 Å². The molecule has 28 heavy (non-hydrogen) atoms. The van der Waals surface area contributed by atoms with Gasteiger partial charge in [-0.25, -0.2) is 14.8 Å². The van der Waals surface area contributed by atoms with Crippen LogP contribution in [-0.4, -0.2) is 29.4 Å². The number of anilines is 2. The molecule has 0 spiro atoms. The van der Waals surface area contributed by atoms with Gasteiger partial charge in [0.25, 0.3) is 0 Å². The highest BCUT2D eigenvalue weighted by molar-refractivity contribution is 6.21. The van der Waals surface area contributed by atoms with E-state index in [-0.39, 0.29) is 23.0 Å². The van der Waals surface area contributed by atoms with E-state index in [9.17, 15) is 9.90 Å². The van der Waals surface area contributed by atoms with Crippen molar-refractivity contribution < 1.29 is 19.1 Å². The summed E-state index contributed by atoms with van der Waals surface area (Å²) < 4.78 is 10.6. The van der Waals surface area contributed by atoms with Crippen molar-refractivity contribution >= 4 is 41.2 Å². The minimum atomic E-state index is -0.706. The zero-order chi connectivity index (χ0) is 19.7. The van der Waals surface area contributed by atoms with Crippen LogP contribution in [0.25, 0.3) is 11.6 Å². The zero-order valence-corrected chi connectivity index (χ0v) is 15.3. The summed E-state index contributed by atoms with van der Waals surface area (Å²) in [6, 6.07) is 11.2. The predicted octanol–water partition coefficient (Wildman–Crippen LogP) is 4.48. The third kappa shape index (κ3) is 3.14. The number of aromatic hydroxyl groups is 1. The van der Waals surface area contributed by atoms with Gasteiger partial charge in [0.2, 0.25) is 5.88 Å². The van der Waals surface area contributed by atoms with Gasteiger partial charge < -0.3 is 19.6 Å². The summed E-state index contributed by atoms with van der Waals surface area (Å²) in [6.45, 7) is 1.97. The molecule has 7 heteroatoms. The van der Waals surface area contributed by atoms with E-state index in [1.165, 1.54) is 7.11 Å². The quantitative estimate of drug-likeness (QED) is 0.653. The SMILES string of the molecule is COC(=O)c1c(Nc2ccc(C)cc2)oc(C=C2C=Nc3ncccc32)c1O. The summed E-state index contributed by atoms with van der Waals surface area (Å²) in [6.07, 6.45) is 4.89. The molecule has 4 rings (SSSR count). The highest BCUT2D eigenvalue weighted by Crippen LogP contribution is 2.39. The number of nitrogens with zero attached hydrogens (tertiary/aromatic N) is 2. The molecule has 2 aromatic heterocycles. The van der Waals surface area contributed by atoms with Gasteiger partial charge in [0.05, 0.1) is 7.11 Å². The molecule has 7 nitrogen and oxygen atoms in total. The van der Waals surface area contributed by atoms with Crippen LogP contribution in [0.1, 0.15) is 27.2 Å². The molecule has 3 heterocycles. The number of aryl methyl sites for hydroxylation is 1. The minimum absolute atomic E-state index is 0.0729. The summed E-state index contributed by atoms with van der Waals surface area (Å²) in [5, 5.41) is 13.6. The lowest BCUT2D eigenvalue weighted by Gasteiger charge is -2.05. The lowest BCUT2D eigenvalue weighted by atomic mass is 10.1. The molecule has 0 radical (unpaired) electrons. The van der Waals surface area contributed by atoms with Gasteiger partial charge in [0, 0.05) is 29.2 Å². The average molecular weight is 375 g/mol. The number of hydrogen-bond acceptors (Lipinski definition) is 7. The molecule has 0 aliphatic carbocycles. The molecular formula is C21H17N3O4. The number of allylic oxidation sites excluding steroid dienone is 1. The number of ether oxygens (including phenoxy) is 1. The van der Waals surface area contributed by atoms with Gasteiger partial charge in [-0.1, -0.05) is 17.7 Å². The van der Waals surface area contributed by atoms with Crippen molar-refractivity contribution in [2.75, 3.05) is 12.4 Å². The number of furan rings is 1. The number of hydrogen-bond donors (Lipinski definition) is 2. The molecule has 0 unspecified atom stereocenters. The summed E-state index contributed by atoms with van der Waals surface area (Å²) in [5.41, 5.74) is 3.26. The summed E-state index contributed by atoms with van der Waals surface area (Å²) >= 11 is 0. The highest BCUT2D eigenvalue weighted by atomic mass is 16.5. The Morgan fingerprint density at radius 2 is 2.04 bits per heavy atom. The maximum Gasteiger partial charge on any atom is 0.347 e.